The quantitative estimate of drug-likeness (QED) is 0.682. The van der Waals surface area contributed by atoms with Crippen LogP contribution in [-0.4, -0.2) is 39.4 Å². The zero-order chi connectivity index (χ0) is 20.6. The molecule has 0 fully saturated rings. The van der Waals surface area contributed by atoms with Crippen molar-refractivity contribution in [2.75, 3.05) is 24.4 Å². The smallest absolute Gasteiger partial charge is 0.264 e. The van der Waals surface area contributed by atoms with Crippen molar-refractivity contribution in [2.45, 2.75) is 17.7 Å². The van der Waals surface area contributed by atoms with E-state index in [9.17, 15) is 13.2 Å². The molecule has 1 amide bonds. The van der Waals surface area contributed by atoms with Crippen molar-refractivity contribution >= 4 is 21.6 Å². The standard InChI is InChI=1S/C20H20N4O3S/c1-23(18-7-3-2-4-8-18)28(26,27)19-11-9-17(10-12-19)20(25)24(15-5-13-21)16-6-14-22/h2-4,7-12H,5-6,15-16H2,1H3. The molecule has 2 aromatic rings. The lowest BCUT2D eigenvalue weighted by atomic mass is 10.2. The van der Waals surface area contributed by atoms with Gasteiger partial charge in [0.15, 0.2) is 0 Å². The van der Waals surface area contributed by atoms with Gasteiger partial charge in [0, 0.05) is 25.7 Å². The lowest BCUT2D eigenvalue weighted by Gasteiger charge is -2.21. The van der Waals surface area contributed by atoms with Gasteiger partial charge in [-0.1, -0.05) is 18.2 Å². The molecule has 2 aromatic carbocycles. The summed E-state index contributed by atoms with van der Waals surface area (Å²) in [6, 6.07) is 18.3. The Labute approximate surface area is 165 Å². The fourth-order valence-corrected chi connectivity index (χ4v) is 3.77. The fourth-order valence-electron chi connectivity index (χ4n) is 2.57. The SMILES string of the molecule is CN(c1ccccc1)S(=O)(=O)c1ccc(C(=O)N(CCC#N)CCC#N)cc1. The van der Waals surface area contributed by atoms with Crippen LogP contribution >= 0.6 is 0 Å². The number of nitrogens with zero attached hydrogens (tertiary/aromatic N) is 4. The first-order valence-electron chi connectivity index (χ1n) is 8.59. The molecule has 0 aliphatic heterocycles. The van der Waals surface area contributed by atoms with E-state index in [1.165, 1.54) is 40.5 Å². The van der Waals surface area contributed by atoms with Crippen molar-refractivity contribution in [1.82, 2.24) is 4.90 Å². The average Bonchev–Trinajstić information content (AvgIpc) is 2.73. The largest absolute Gasteiger partial charge is 0.337 e. The Bertz CT molecular complexity index is 972. The number of rotatable bonds is 8. The van der Waals surface area contributed by atoms with Gasteiger partial charge in [0.05, 0.1) is 35.6 Å². The monoisotopic (exact) mass is 396 g/mol. The van der Waals surface area contributed by atoms with Crippen LogP contribution in [0.2, 0.25) is 0 Å². The van der Waals surface area contributed by atoms with E-state index in [2.05, 4.69) is 0 Å². The second kappa shape index (κ2) is 9.54. The summed E-state index contributed by atoms with van der Waals surface area (Å²) in [5.41, 5.74) is 0.832. The van der Waals surface area contributed by atoms with Gasteiger partial charge in [-0.2, -0.15) is 10.5 Å². The highest BCUT2D eigenvalue weighted by Gasteiger charge is 2.22. The van der Waals surface area contributed by atoms with E-state index in [1.54, 1.807) is 30.3 Å². The highest BCUT2D eigenvalue weighted by Crippen LogP contribution is 2.22. The number of carbonyl (C=O) groups excluding carboxylic acids is 1. The predicted molar refractivity (Wildman–Crippen MR) is 105 cm³/mol. The Kier molecular flexibility index (Phi) is 7.14. The van der Waals surface area contributed by atoms with E-state index < -0.39 is 10.0 Å². The van der Waals surface area contributed by atoms with Gasteiger partial charge in [-0.25, -0.2) is 8.42 Å². The molecule has 0 heterocycles. The zero-order valence-corrected chi connectivity index (χ0v) is 16.3. The van der Waals surface area contributed by atoms with Gasteiger partial charge in [-0.3, -0.25) is 9.10 Å². The molecule has 144 valence electrons. The molecule has 0 spiro atoms. The van der Waals surface area contributed by atoms with Gasteiger partial charge in [0.25, 0.3) is 15.9 Å². The number of nitriles is 2. The van der Waals surface area contributed by atoms with E-state index in [4.69, 9.17) is 10.5 Å². The Morgan fingerprint density at radius 1 is 0.929 bits per heavy atom. The van der Waals surface area contributed by atoms with Crippen LogP contribution in [0.15, 0.2) is 59.5 Å². The van der Waals surface area contributed by atoms with Crippen LogP contribution in [0, 0.1) is 22.7 Å². The third-order valence-corrected chi connectivity index (χ3v) is 5.95. The maximum atomic E-state index is 12.8. The summed E-state index contributed by atoms with van der Waals surface area (Å²) < 4.78 is 26.8. The van der Waals surface area contributed by atoms with E-state index >= 15 is 0 Å². The number of sulfonamides is 1. The second-order valence-corrected chi connectivity index (χ2v) is 7.91. The van der Waals surface area contributed by atoms with Crippen LogP contribution < -0.4 is 4.31 Å². The third-order valence-electron chi connectivity index (χ3n) is 4.15. The molecule has 0 atom stereocenters. The van der Waals surface area contributed by atoms with Crippen molar-refractivity contribution in [3.8, 4) is 12.1 Å². The highest BCUT2D eigenvalue weighted by molar-refractivity contribution is 7.92. The summed E-state index contributed by atoms with van der Waals surface area (Å²) in [5.74, 6) is -0.342. The summed E-state index contributed by atoms with van der Waals surface area (Å²) in [6.07, 6.45) is 0.316. The van der Waals surface area contributed by atoms with Gasteiger partial charge >= 0.3 is 0 Å². The van der Waals surface area contributed by atoms with Crippen molar-refractivity contribution in [2.24, 2.45) is 0 Å². The normalized spacial score (nSPS) is 10.5. The molecule has 7 nitrogen and oxygen atoms in total. The summed E-state index contributed by atoms with van der Waals surface area (Å²) >= 11 is 0. The number of carbonyl (C=O) groups is 1. The van der Waals surface area contributed by atoms with Crippen molar-refractivity contribution in [3.05, 3.63) is 60.2 Å². The minimum Gasteiger partial charge on any atom is -0.337 e. The highest BCUT2D eigenvalue weighted by atomic mass is 32.2. The van der Waals surface area contributed by atoms with Crippen LogP contribution in [0.3, 0.4) is 0 Å². The van der Waals surface area contributed by atoms with Gasteiger partial charge in [-0.15, -0.1) is 0 Å². The van der Waals surface area contributed by atoms with Crippen molar-refractivity contribution < 1.29 is 13.2 Å². The lowest BCUT2D eigenvalue weighted by molar-refractivity contribution is 0.0762. The molecule has 2 rings (SSSR count). The Balaban J connectivity index is 2.23. The predicted octanol–water partition coefficient (Wildman–Crippen LogP) is 2.78. The minimum absolute atomic E-state index is 0.0657. The summed E-state index contributed by atoms with van der Waals surface area (Å²) in [6.45, 7) is 0.432. The van der Waals surface area contributed by atoms with E-state index in [0.29, 0.717) is 11.3 Å². The van der Waals surface area contributed by atoms with Gasteiger partial charge in [0.1, 0.15) is 0 Å². The van der Waals surface area contributed by atoms with Crippen LogP contribution in [0.4, 0.5) is 5.69 Å². The molecule has 0 aromatic heterocycles. The average molecular weight is 396 g/mol. The molecular formula is C20H20N4O3S. The third kappa shape index (κ3) is 4.87. The topological polar surface area (TPSA) is 105 Å². The molecule has 8 heteroatoms. The summed E-state index contributed by atoms with van der Waals surface area (Å²) in [5, 5.41) is 17.5. The number of hydrogen-bond donors (Lipinski definition) is 0. The molecule has 0 saturated carbocycles. The molecule has 0 radical (unpaired) electrons. The lowest BCUT2D eigenvalue weighted by Crippen LogP contribution is -2.33. The first-order chi connectivity index (χ1) is 13.4. The molecule has 28 heavy (non-hydrogen) atoms. The second-order valence-electron chi connectivity index (χ2n) is 5.94. The zero-order valence-electron chi connectivity index (χ0n) is 15.4. The molecule has 0 bridgehead atoms. The molecule has 0 saturated heterocycles. The molecule has 0 N–H and O–H groups in total. The molecule has 0 aliphatic carbocycles. The maximum absolute atomic E-state index is 12.8. The number of anilines is 1. The van der Waals surface area contributed by atoms with Crippen molar-refractivity contribution in [1.29, 1.82) is 10.5 Å². The van der Waals surface area contributed by atoms with Gasteiger partial charge in [0.2, 0.25) is 0 Å². The summed E-state index contributed by atoms with van der Waals surface area (Å²) in [7, 11) is -2.29. The van der Waals surface area contributed by atoms with Gasteiger partial charge < -0.3 is 4.90 Å². The van der Waals surface area contributed by atoms with Crippen molar-refractivity contribution in [3.63, 3.8) is 0 Å². The fraction of sp³-hybridized carbons (Fsp3) is 0.250. The molecular weight excluding hydrogens is 376 g/mol. The Morgan fingerprint density at radius 2 is 1.46 bits per heavy atom. The molecule has 0 unspecified atom stereocenters. The van der Waals surface area contributed by atoms with Crippen LogP contribution in [-0.2, 0) is 10.0 Å². The number of para-hydroxylation sites is 1. The molecule has 0 aliphatic rings. The van der Waals surface area contributed by atoms with E-state index in [0.717, 1.165) is 0 Å². The first-order valence-corrected chi connectivity index (χ1v) is 10.0. The minimum atomic E-state index is -3.76. The summed E-state index contributed by atoms with van der Waals surface area (Å²) in [4.78, 5) is 14.1. The number of hydrogen-bond acceptors (Lipinski definition) is 5. The number of amides is 1. The first kappa shape index (κ1) is 20.9. The van der Waals surface area contributed by atoms with Crippen LogP contribution in [0.25, 0.3) is 0 Å². The van der Waals surface area contributed by atoms with E-state index in [1.807, 2.05) is 12.1 Å². The van der Waals surface area contributed by atoms with Crippen LogP contribution in [0.5, 0.6) is 0 Å². The Hall–Kier alpha value is -3.36. The van der Waals surface area contributed by atoms with E-state index in [-0.39, 0.29) is 36.7 Å². The van der Waals surface area contributed by atoms with Crippen LogP contribution in [0.1, 0.15) is 23.2 Å². The Morgan fingerprint density at radius 3 is 1.96 bits per heavy atom. The number of benzene rings is 2. The van der Waals surface area contributed by atoms with Gasteiger partial charge in [-0.05, 0) is 36.4 Å². The maximum Gasteiger partial charge on any atom is 0.264 e.